The summed E-state index contributed by atoms with van der Waals surface area (Å²) >= 11 is 1.54. The van der Waals surface area contributed by atoms with Crippen molar-refractivity contribution in [3.63, 3.8) is 0 Å². The summed E-state index contributed by atoms with van der Waals surface area (Å²) < 4.78 is 13.2. The zero-order valence-corrected chi connectivity index (χ0v) is 17.7. The number of likely N-dealkylation sites (tertiary alicyclic amines) is 1. The van der Waals surface area contributed by atoms with Gasteiger partial charge in [0.25, 0.3) is 5.19 Å². The first-order chi connectivity index (χ1) is 15.1. The van der Waals surface area contributed by atoms with Crippen LogP contribution in [0.15, 0.2) is 52.9 Å². The molecule has 4 heterocycles. The van der Waals surface area contributed by atoms with E-state index in [9.17, 15) is 4.79 Å². The van der Waals surface area contributed by atoms with Crippen LogP contribution in [0.1, 0.15) is 18.6 Å². The first-order valence-electron chi connectivity index (χ1n) is 10.5. The number of furan rings is 1. The number of nitrogens with zero attached hydrogens (tertiary/aromatic N) is 3. The smallest absolute Gasteiger partial charge is 0.314 e. The van der Waals surface area contributed by atoms with Crippen LogP contribution in [0.2, 0.25) is 0 Å². The highest BCUT2D eigenvalue weighted by Crippen LogP contribution is 2.35. The molecule has 7 nitrogen and oxygen atoms in total. The summed E-state index contributed by atoms with van der Waals surface area (Å²) in [5.41, 5.74) is 7.28. The van der Waals surface area contributed by atoms with Gasteiger partial charge in [0.15, 0.2) is 0 Å². The predicted molar refractivity (Wildman–Crippen MR) is 119 cm³/mol. The summed E-state index contributed by atoms with van der Waals surface area (Å²) in [7, 11) is 0. The fraction of sp³-hybridized carbons (Fsp3) is 0.304. The Morgan fingerprint density at radius 3 is 2.74 bits per heavy atom. The van der Waals surface area contributed by atoms with Crippen LogP contribution >= 0.6 is 11.3 Å². The second kappa shape index (κ2) is 7.25. The van der Waals surface area contributed by atoms with Gasteiger partial charge in [-0.2, -0.15) is 0 Å². The van der Waals surface area contributed by atoms with Crippen LogP contribution in [0.4, 0.5) is 4.79 Å². The van der Waals surface area contributed by atoms with E-state index >= 15 is 0 Å². The van der Waals surface area contributed by atoms with E-state index in [4.69, 9.17) is 14.9 Å². The number of primary amides is 1. The summed E-state index contributed by atoms with van der Waals surface area (Å²) in [5, 5.41) is 1.64. The van der Waals surface area contributed by atoms with Crippen LogP contribution in [0.5, 0.6) is 10.9 Å². The van der Waals surface area contributed by atoms with Gasteiger partial charge in [0.1, 0.15) is 17.1 Å². The molecule has 0 radical (unpaired) electrons. The Kier molecular flexibility index (Phi) is 4.36. The van der Waals surface area contributed by atoms with Gasteiger partial charge in [-0.05, 0) is 49.2 Å². The molecule has 2 aliphatic heterocycles. The van der Waals surface area contributed by atoms with Crippen LogP contribution in [0, 0.1) is 0 Å². The second-order valence-electron chi connectivity index (χ2n) is 8.26. The van der Waals surface area contributed by atoms with E-state index < -0.39 is 0 Å². The van der Waals surface area contributed by atoms with Crippen LogP contribution in [0.25, 0.3) is 21.2 Å². The molecule has 8 heteroatoms. The highest BCUT2D eigenvalue weighted by molar-refractivity contribution is 7.20. The molecule has 2 atom stereocenters. The van der Waals surface area contributed by atoms with Gasteiger partial charge in [-0.15, -0.1) is 0 Å². The third-order valence-electron chi connectivity index (χ3n) is 6.30. The molecule has 2 amide bonds. The van der Waals surface area contributed by atoms with Crippen molar-refractivity contribution < 1.29 is 13.9 Å². The molecule has 2 aromatic carbocycles. The third-order valence-corrected chi connectivity index (χ3v) is 7.22. The van der Waals surface area contributed by atoms with E-state index in [-0.39, 0.29) is 6.03 Å². The lowest BCUT2D eigenvalue weighted by atomic mass is 10.2. The number of carbonyl (C=O) groups is 1. The van der Waals surface area contributed by atoms with Crippen molar-refractivity contribution in [1.82, 2.24) is 14.8 Å². The number of rotatable bonds is 4. The fourth-order valence-electron chi connectivity index (χ4n) is 4.82. The van der Waals surface area contributed by atoms with Gasteiger partial charge in [0.2, 0.25) is 0 Å². The van der Waals surface area contributed by atoms with E-state index in [0.717, 1.165) is 52.1 Å². The largest absolute Gasteiger partial charge is 0.460 e. The minimum absolute atomic E-state index is 0.319. The number of aromatic nitrogens is 1. The summed E-state index contributed by atoms with van der Waals surface area (Å²) in [4.78, 5) is 20.3. The number of hydrogen-bond acceptors (Lipinski definition) is 6. The Balaban J connectivity index is 1.20. The molecule has 6 rings (SSSR count). The van der Waals surface area contributed by atoms with Crippen molar-refractivity contribution in [3.05, 3.63) is 54.3 Å². The molecule has 2 fully saturated rings. The molecular weight excluding hydrogens is 412 g/mol. The van der Waals surface area contributed by atoms with Crippen LogP contribution < -0.4 is 10.5 Å². The topological polar surface area (TPSA) is 84.8 Å². The van der Waals surface area contributed by atoms with Crippen molar-refractivity contribution >= 4 is 38.6 Å². The molecule has 0 spiro atoms. The normalized spacial score (nSPS) is 21.2. The summed E-state index contributed by atoms with van der Waals surface area (Å²) in [5.74, 6) is 1.67. The van der Waals surface area contributed by atoms with Crippen LogP contribution in [-0.4, -0.2) is 46.0 Å². The van der Waals surface area contributed by atoms with Gasteiger partial charge in [-0.3, -0.25) is 4.90 Å². The van der Waals surface area contributed by atoms with Gasteiger partial charge in [0.05, 0.1) is 16.8 Å². The number of para-hydroxylation sites is 1. The van der Waals surface area contributed by atoms with Crippen molar-refractivity contribution in [3.8, 4) is 10.9 Å². The van der Waals surface area contributed by atoms with Crippen molar-refractivity contribution in [2.45, 2.75) is 31.5 Å². The van der Waals surface area contributed by atoms with E-state index in [2.05, 4.69) is 16.0 Å². The molecule has 2 bridgehead atoms. The first-order valence-corrected chi connectivity index (χ1v) is 11.3. The zero-order chi connectivity index (χ0) is 20.9. The average Bonchev–Trinajstić information content (AvgIpc) is 3.40. The SMILES string of the molecule is NC(=O)N1CC2CCC(C1)N2Cc1cc2cc(Oc3nc4ccccc4s3)ccc2o1. The van der Waals surface area contributed by atoms with Gasteiger partial charge >= 0.3 is 6.03 Å². The summed E-state index contributed by atoms with van der Waals surface area (Å²) in [6.07, 6.45) is 2.18. The molecule has 2 N–H and O–H groups in total. The minimum atomic E-state index is -0.319. The van der Waals surface area contributed by atoms with Gasteiger partial charge in [-0.1, -0.05) is 23.5 Å². The maximum absolute atomic E-state index is 11.6. The Bertz CT molecular complexity index is 1240. The number of fused-ring (bicyclic) bond motifs is 4. The zero-order valence-electron chi connectivity index (χ0n) is 16.9. The molecule has 0 aliphatic carbocycles. The third kappa shape index (κ3) is 3.41. The molecule has 4 aromatic rings. The Hall–Kier alpha value is -3.10. The Morgan fingerprint density at radius 1 is 1.16 bits per heavy atom. The van der Waals surface area contributed by atoms with E-state index in [0.29, 0.717) is 30.4 Å². The highest BCUT2D eigenvalue weighted by atomic mass is 32.1. The number of hydrogen-bond donors (Lipinski definition) is 1. The molecule has 2 aromatic heterocycles. The highest BCUT2D eigenvalue weighted by Gasteiger charge is 2.41. The standard InChI is InChI=1S/C23H22N4O3S/c24-22(28)26-11-15-5-6-16(12-26)27(15)13-18-10-14-9-17(7-8-20(14)29-18)30-23-25-19-3-1-2-4-21(19)31-23/h1-4,7-10,15-16H,5-6,11-13H2,(H2,24,28). The lowest BCUT2D eigenvalue weighted by Crippen LogP contribution is -2.56. The van der Waals surface area contributed by atoms with Gasteiger partial charge < -0.3 is 19.8 Å². The molecular formula is C23H22N4O3S. The first kappa shape index (κ1) is 18.7. The number of piperazine rings is 1. The maximum Gasteiger partial charge on any atom is 0.314 e. The molecule has 0 saturated carbocycles. The summed E-state index contributed by atoms with van der Waals surface area (Å²) in [6.45, 7) is 2.14. The Labute approximate surface area is 183 Å². The number of carbonyl (C=O) groups excluding carboxylic acids is 1. The molecule has 158 valence electrons. The van der Waals surface area contributed by atoms with E-state index in [1.165, 1.54) is 11.3 Å². The van der Waals surface area contributed by atoms with Crippen molar-refractivity contribution in [1.29, 1.82) is 0 Å². The number of ether oxygens (including phenoxy) is 1. The maximum atomic E-state index is 11.6. The lowest BCUT2D eigenvalue weighted by Gasteiger charge is -2.39. The number of benzene rings is 2. The molecule has 2 unspecified atom stereocenters. The molecule has 2 aliphatic rings. The van der Waals surface area contributed by atoms with Gasteiger partial charge in [-0.25, -0.2) is 9.78 Å². The quantitative estimate of drug-likeness (QED) is 0.509. The minimum Gasteiger partial charge on any atom is -0.460 e. The van der Waals surface area contributed by atoms with E-state index in [1.807, 2.05) is 42.5 Å². The monoisotopic (exact) mass is 434 g/mol. The number of urea groups is 1. The fourth-order valence-corrected chi connectivity index (χ4v) is 5.66. The Morgan fingerprint density at radius 2 is 1.97 bits per heavy atom. The molecule has 31 heavy (non-hydrogen) atoms. The lowest BCUT2D eigenvalue weighted by molar-refractivity contribution is 0.0747. The number of amides is 2. The average molecular weight is 435 g/mol. The van der Waals surface area contributed by atoms with Crippen LogP contribution in [-0.2, 0) is 6.54 Å². The second-order valence-corrected chi connectivity index (χ2v) is 9.26. The van der Waals surface area contributed by atoms with Crippen LogP contribution in [0.3, 0.4) is 0 Å². The number of thiazole rings is 1. The van der Waals surface area contributed by atoms with E-state index in [1.54, 1.807) is 4.90 Å². The van der Waals surface area contributed by atoms with Crippen molar-refractivity contribution in [2.75, 3.05) is 13.1 Å². The van der Waals surface area contributed by atoms with Gasteiger partial charge in [0, 0.05) is 30.6 Å². The van der Waals surface area contributed by atoms with Crippen molar-refractivity contribution in [2.24, 2.45) is 5.73 Å². The number of nitrogens with two attached hydrogens (primary N) is 1. The molecule has 2 saturated heterocycles. The predicted octanol–water partition coefficient (Wildman–Crippen LogP) is 4.56. The summed E-state index contributed by atoms with van der Waals surface area (Å²) in [6, 6.07) is 16.3.